The number of nitrogens with one attached hydrogen (secondary N) is 2. The van der Waals surface area contributed by atoms with E-state index in [9.17, 15) is 4.79 Å². The van der Waals surface area contributed by atoms with Crippen LogP contribution in [-0.2, 0) is 6.42 Å². The lowest BCUT2D eigenvalue weighted by atomic mass is 9.89. The standard InChI is InChI=1S/C21H22N2O4/c1-25-14-4-5-17-13(8-14)9-16(21(24)23-17)20-15-11-19(27-3)18(26-2)10-12(15)6-7-22-20/h4-5,8-11,20,22H,6-7H2,1-3H3,(H,23,24)/t20-/m0/s1. The van der Waals surface area contributed by atoms with Crippen molar-refractivity contribution in [1.29, 1.82) is 0 Å². The molecule has 2 aromatic carbocycles. The van der Waals surface area contributed by atoms with Crippen molar-refractivity contribution in [3.05, 3.63) is 63.4 Å². The molecule has 2 heterocycles. The second-order valence-electron chi connectivity index (χ2n) is 6.55. The SMILES string of the molecule is COc1ccc2[nH]c(=O)c([C@H]3NCCc4cc(OC)c(OC)cc43)cc2c1. The smallest absolute Gasteiger partial charge is 0.253 e. The van der Waals surface area contributed by atoms with Crippen LogP contribution in [0, 0.1) is 0 Å². The lowest BCUT2D eigenvalue weighted by Crippen LogP contribution is -2.34. The quantitative estimate of drug-likeness (QED) is 0.743. The fourth-order valence-electron chi connectivity index (χ4n) is 3.70. The molecule has 0 saturated heterocycles. The predicted molar refractivity (Wildman–Crippen MR) is 104 cm³/mol. The summed E-state index contributed by atoms with van der Waals surface area (Å²) in [4.78, 5) is 15.8. The number of hydrogen-bond donors (Lipinski definition) is 2. The van der Waals surface area contributed by atoms with Gasteiger partial charge < -0.3 is 24.5 Å². The number of rotatable bonds is 4. The first-order chi connectivity index (χ1) is 13.1. The second kappa shape index (κ2) is 6.96. The highest BCUT2D eigenvalue weighted by atomic mass is 16.5. The van der Waals surface area contributed by atoms with Crippen LogP contribution in [0.2, 0.25) is 0 Å². The molecule has 0 fully saturated rings. The molecule has 4 rings (SSSR count). The van der Waals surface area contributed by atoms with Crippen LogP contribution >= 0.6 is 0 Å². The summed E-state index contributed by atoms with van der Waals surface area (Å²) in [6, 6.07) is 11.3. The van der Waals surface area contributed by atoms with E-state index in [4.69, 9.17) is 14.2 Å². The number of methoxy groups -OCH3 is 3. The third-order valence-corrected chi connectivity index (χ3v) is 5.09. The number of hydrogen-bond acceptors (Lipinski definition) is 5. The molecule has 0 spiro atoms. The summed E-state index contributed by atoms with van der Waals surface area (Å²) in [6.07, 6.45) is 0.867. The minimum absolute atomic E-state index is 0.104. The van der Waals surface area contributed by atoms with Gasteiger partial charge in [0.2, 0.25) is 0 Å². The van der Waals surface area contributed by atoms with Crippen molar-refractivity contribution in [3.8, 4) is 17.2 Å². The Balaban J connectivity index is 1.87. The van der Waals surface area contributed by atoms with E-state index in [1.165, 1.54) is 0 Å². The topological polar surface area (TPSA) is 72.6 Å². The van der Waals surface area contributed by atoms with Crippen LogP contribution in [0.4, 0.5) is 0 Å². The molecule has 0 aliphatic carbocycles. The Hall–Kier alpha value is -2.99. The molecule has 0 bridgehead atoms. The average molecular weight is 366 g/mol. The fraction of sp³-hybridized carbons (Fsp3) is 0.286. The van der Waals surface area contributed by atoms with E-state index < -0.39 is 0 Å². The fourth-order valence-corrected chi connectivity index (χ4v) is 3.70. The van der Waals surface area contributed by atoms with Crippen molar-refractivity contribution < 1.29 is 14.2 Å². The molecule has 2 N–H and O–H groups in total. The summed E-state index contributed by atoms with van der Waals surface area (Å²) in [5, 5.41) is 4.40. The van der Waals surface area contributed by atoms with Gasteiger partial charge in [0.25, 0.3) is 5.56 Å². The van der Waals surface area contributed by atoms with Gasteiger partial charge in [0.15, 0.2) is 11.5 Å². The zero-order valence-corrected chi connectivity index (χ0v) is 15.6. The molecule has 6 heteroatoms. The first-order valence-electron chi connectivity index (χ1n) is 8.83. The molecule has 0 amide bonds. The lowest BCUT2D eigenvalue weighted by Gasteiger charge is -2.28. The molecule has 27 heavy (non-hydrogen) atoms. The van der Waals surface area contributed by atoms with Crippen molar-refractivity contribution in [3.63, 3.8) is 0 Å². The zero-order chi connectivity index (χ0) is 19.0. The van der Waals surface area contributed by atoms with Gasteiger partial charge in [-0.15, -0.1) is 0 Å². The monoisotopic (exact) mass is 366 g/mol. The van der Waals surface area contributed by atoms with Crippen LogP contribution in [0.25, 0.3) is 10.9 Å². The molecular formula is C21H22N2O4. The van der Waals surface area contributed by atoms with Crippen LogP contribution in [0.5, 0.6) is 17.2 Å². The average Bonchev–Trinajstić information content (AvgIpc) is 2.71. The number of fused-ring (bicyclic) bond motifs is 2. The van der Waals surface area contributed by atoms with Gasteiger partial charge >= 0.3 is 0 Å². The molecule has 1 aliphatic rings. The number of aromatic amines is 1. The Bertz CT molecular complexity index is 1060. The van der Waals surface area contributed by atoms with Crippen LogP contribution in [0.1, 0.15) is 22.7 Å². The van der Waals surface area contributed by atoms with Gasteiger partial charge in [-0.2, -0.15) is 0 Å². The summed E-state index contributed by atoms with van der Waals surface area (Å²) in [7, 11) is 4.88. The first kappa shape index (κ1) is 17.4. The summed E-state index contributed by atoms with van der Waals surface area (Å²) in [6.45, 7) is 0.780. The first-order valence-corrected chi connectivity index (χ1v) is 8.83. The van der Waals surface area contributed by atoms with Crippen LogP contribution in [-0.4, -0.2) is 32.9 Å². The predicted octanol–water partition coefficient (Wildman–Crippen LogP) is 2.79. The second-order valence-corrected chi connectivity index (χ2v) is 6.55. The number of benzene rings is 2. The Morgan fingerprint density at radius 2 is 1.70 bits per heavy atom. The molecule has 0 unspecified atom stereocenters. The number of H-pyrrole nitrogens is 1. The maximum Gasteiger partial charge on any atom is 0.253 e. The van der Waals surface area contributed by atoms with Crippen LogP contribution < -0.4 is 25.1 Å². The molecule has 6 nitrogen and oxygen atoms in total. The molecule has 0 radical (unpaired) electrons. The number of aromatic nitrogens is 1. The number of pyridine rings is 1. The highest BCUT2D eigenvalue weighted by molar-refractivity contribution is 5.80. The number of ether oxygens (including phenoxy) is 3. The van der Waals surface area contributed by atoms with Crippen LogP contribution in [0.3, 0.4) is 0 Å². The molecule has 140 valence electrons. The van der Waals surface area contributed by atoms with Gasteiger partial charge in [-0.05, 0) is 53.9 Å². The Kier molecular flexibility index (Phi) is 4.49. The normalized spacial score (nSPS) is 16.0. The summed E-state index contributed by atoms with van der Waals surface area (Å²) in [5.74, 6) is 2.11. The molecule has 1 aromatic heterocycles. The van der Waals surface area contributed by atoms with E-state index in [2.05, 4.69) is 10.3 Å². The molecule has 3 aromatic rings. The Morgan fingerprint density at radius 3 is 2.44 bits per heavy atom. The Morgan fingerprint density at radius 1 is 0.926 bits per heavy atom. The van der Waals surface area contributed by atoms with E-state index in [1.807, 2.05) is 36.4 Å². The van der Waals surface area contributed by atoms with Gasteiger partial charge in [0, 0.05) is 23.0 Å². The van der Waals surface area contributed by atoms with Crippen molar-refractivity contribution in [2.45, 2.75) is 12.5 Å². The van der Waals surface area contributed by atoms with Crippen molar-refractivity contribution in [2.75, 3.05) is 27.9 Å². The van der Waals surface area contributed by atoms with Gasteiger partial charge in [0.05, 0.1) is 27.4 Å². The third kappa shape index (κ3) is 3.02. The molecule has 1 aliphatic heterocycles. The minimum atomic E-state index is -0.215. The van der Waals surface area contributed by atoms with E-state index in [0.717, 1.165) is 40.7 Å². The van der Waals surface area contributed by atoms with E-state index in [0.29, 0.717) is 17.1 Å². The molecular weight excluding hydrogens is 344 g/mol. The van der Waals surface area contributed by atoms with Gasteiger partial charge in [0.1, 0.15) is 5.75 Å². The lowest BCUT2D eigenvalue weighted by molar-refractivity contribution is 0.353. The summed E-state index contributed by atoms with van der Waals surface area (Å²) >= 11 is 0. The maximum absolute atomic E-state index is 12.8. The van der Waals surface area contributed by atoms with Gasteiger partial charge in [-0.1, -0.05) is 0 Å². The summed E-state index contributed by atoms with van der Waals surface area (Å²) in [5.41, 5.74) is 3.54. The van der Waals surface area contributed by atoms with E-state index >= 15 is 0 Å². The Labute approximate surface area is 157 Å². The van der Waals surface area contributed by atoms with E-state index in [-0.39, 0.29) is 11.6 Å². The highest BCUT2D eigenvalue weighted by Gasteiger charge is 2.26. The highest BCUT2D eigenvalue weighted by Crippen LogP contribution is 2.37. The zero-order valence-electron chi connectivity index (χ0n) is 15.6. The van der Waals surface area contributed by atoms with E-state index in [1.54, 1.807) is 21.3 Å². The van der Waals surface area contributed by atoms with Crippen molar-refractivity contribution in [2.24, 2.45) is 0 Å². The van der Waals surface area contributed by atoms with Crippen LogP contribution in [0.15, 0.2) is 41.2 Å². The maximum atomic E-state index is 12.8. The van der Waals surface area contributed by atoms with Gasteiger partial charge in [-0.3, -0.25) is 4.79 Å². The van der Waals surface area contributed by atoms with Gasteiger partial charge in [-0.25, -0.2) is 0 Å². The summed E-state index contributed by atoms with van der Waals surface area (Å²) < 4.78 is 16.2. The van der Waals surface area contributed by atoms with Crippen molar-refractivity contribution >= 4 is 10.9 Å². The van der Waals surface area contributed by atoms with Crippen molar-refractivity contribution in [1.82, 2.24) is 10.3 Å². The molecule has 1 atom stereocenters. The minimum Gasteiger partial charge on any atom is -0.497 e. The third-order valence-electron chi connectivity index (χ3n) is 5.09. The largest absolute Gasteiger partial charge is 0.497 e. The molecule has 0 saturated carbocycles.